The number of carbonyl (C=O) groups excluding carboxylic acids is 1. The Balaban J connectivity index is 1.76. The van der Waals surface area contributed by atoms with Gasteiger partial charge in [0, 0.05) is 34.2 Å². The fourth-order valence-electron chi connectivity index (χ4n) is 2.07. The van der Waals surface area contributed by atoms with Gasteiger partial charge in [-0.3, -0.25) is 4.21 Å². The molecule has 0 aliphatic rings. The summed E-state index contributed by atoms with van der Waals surface area (Å²) in [5, 5.41) is 15.4. The molecule has 0 heterocycles. The monoisotopic (exact) mass is 332 g/mol. The van der Waals surface area contributed by atoms with Crippen LogP contribution in [-0.2, 0) is 10.8 Å². The van der Waals surface area contributed by atoms with Crippen LogP contribution in [0.5, 0.6) is 0 Å². The second-order valence-electron chi connectivity index (χ2n) is 5.07. The SMILES string of the molecule is CS(=O)c1ccc(NC(=O)NCCC(O)c2ccccc2)cc1. The van der Waals surface area contributed by atoms with Gasteiger partial charge in [0.2, 0.25) is 0 Å². The van der Waals surface area contributed by atoms with Crippen LogP contribution in [0.3, 0.4) is 0 Å². The Morgan fingerprint density at radius 2 is 1.78 bits per heavy atom. The molecule has 2 aromatic carbocycles. The van der Waals surface area contributed by atoms with Crippen molar-refractivity contribution in [2.24, 2.45) is 0 Å². The summed E-state index contributed by atoms with van der Waals surface area (Å²) in [4.78, 5) is 12.5. The lowest BCUT2D eigenvalue weighted by Crippen LogP contribution is -2.30. The summed E-state index contributed by atoms with van der Waals surface area (Å²) in [6, 6.07) is 15.8. The number of aliphatic hydroxyl groups excluding tert-OH is 1. The summed E-state index contributed by atoms with van der Waals surface area (Å²) in [5.74, 6) is 0. The van der Waals surface area contributed by atoms with E-state index in [1.165, 1.54) is 0 Å². The Hall–Kier alpha value is -2.18. The lowest BCUT2D eigenvalue weighted by Gasteiger charge is -2.12. The van der Waals surface area contributed by atoms with Gasteiger partial charge in [0.15, 0.2) is 0 Å². The molecule has 2 unspecified atom stereocenters. The molecule has 3 N–H and O–H groups in total. The number of benzene rings is 2. The number of amides is 2. The second kappa shape index (κ2) is 8.45. The number of rotatable bonds is 6. The van der Waals surface area contributed by atoms with Gasteiger partial charge < -0.3 is 15.7 Å². The van der Waals surface area contributed by atoms with Gasteiger partial charge in [0.05, 0.1) is 6.10 Å². The van der Waals surface area contributed by atoms with Crippen molar-refractivity contribution >= 4 is 22.5 Å². The van der Waals surface area contributed by atoms with Crippen LogP contribution in [0.15, 0.2) is 59.5 Å². The molecule has 2 amide bonds. The molecular formula is C17H20N2O3S. The van der Waals surface area contributed by atoms with Crippen molar-refractivity contribution in [1.82, 2.24) is 5.32 Å². The first kappa shape index (κ1) is 17.2. The fourth-order valence-corrected chi connectivity index (χ4v) is 2.59. The molecular weight excluding hydrogens is 312 g/mol. The fraction of sp³-hybridized carbons (Fsp3) is 0.235. The molecule has 2 atom stereocenters. The number of anilines is 1. The van der Waals surface area contributed by atoms with Gasteiger partial charge in [0.1, 0.15) is 0 Å². The number of aliphatic hydroxyl groups is 1. The van der Waals surface area contributed by atoms with Crippen LogP contribution in [-0.4, -0.2) is 28.1 Å². The second-order valence-corrected chi connectivity index (χ2v) is 6.45. The molecule has 2 aromatic rings. The van der Waals surface area contributed by atoms with E-state index in [-0.39, 0.29) is 6.03 Å². The Labute approximate surface area is 138 Å². The summed E-state index contributed by atoms with van der Waals surface area (Å²) < 4.78 is 11.3. The molecule has 6 heteroatoms. The standard InChI is InChI=1S/C17H20N2O3S/c1-23(22)15-9-7-14(8-10-15)19-17(21)18-12-11-16(20)13-5-3-2-4-6-13/h2-10,16,20H,11-12H2,1H3,(H2,18,19,21). The van der Waals surface area contributed by atoms with Crippen molar-refractivity contribution in [2.45, 2.75) is 17.4 Å². The maximum Gasteiger partial charge on any atom is 0.319 e. The van der Waals surface area contributed by atoms with Gasteiger partial charge in [-0.05, 0) is 36.2 Å². The third-order valence-electron chi connectivity index (χ3n) is 3.33. The minimum atomic E-state index is -1.03. The van der Waals surface area contributed by atoms with Crippen LogP contribution in [0.4, 0.5) is 10.5 Å². The zero-order valence-corrected chi connectivity index (χ0v) is 13.7. The largest absolute Gasteiger partial charge is 0.388 e. The van der Waals surface area contributed by atoms with Crippen LogP contribution in [0.1, 0.15) is 18.1 Å². The third-order valence-corrected chi connectivity index (χ3v) is 4.27. The average molecular weight is 332 g/mol. The normalized spacial score (nSPS) is 13.1. The zero-order chi connectivity index (χ0) is 16.7. The summed E-state index contributed by atoms with van der Waals surface area (Å²) >= 11 is 0. The average Bonchev–Trinajstić information content (AvgIpc) is 2.56. The van der Waals surface area contributed by atoms with Crippen molar-refractivity contribution in [3.63, 3.8) is 0 Å². The maximum absolute atomic E-state index is 11.8. The van der Waals surface area contributed by atoms with Crippen molar-refractivity contribution in [3.8, 4) is 0 Å². The summed E-state index contributed by atoms with van der Waals surface area (Å²) in [5.41, 5.74) is 1.46. The van der Waals surface area contributed by atoms with Crippen LogP contribution < -0.4 is 10.6 Å². The van der Waals surface area contributed by atoms with Gasteiger partial charge in [0.25, 0.3) is 0 Å². The van der Waals surface area contributed by atoms with Crippen molar-refractivity contribution in [1.29, 1.82) is 0 Å². The number of urea groups is 1. The van der Waals surface area contributed by atoms with E-state index in [2.05, 4.69) is 10.6 Å². The molecule has 0 aromatic heterocycles. The highest BCUT2D eigenvalue weighted by atomic mass is 32.2. The molecule has 2 rings (SSSR count). The molecule has 5 nitrogen and oxygen atoms in total. The summed E-state index contributed by atoms with van der Waals surface area (Å²) in [6.07, 6.45) is 1.44. The number of carbonyl (C=O) groups is 1. The molecule has 0 aliphatic heterocycles. The predicted molar refractivity (Wildman–Crippen MR) is 91.8 cm³/mol. The minimum Gasteiger partial charge on any atom is -0.388 e. The highest BCUT2D eigenvalue weighted by Crippen LogP contribution is 2.15. The Kier molecular flexibility index (Phi) is 6.31. The first-order chi connectivity index (χ1) is 11.1. The molecule has 0 fully saturated rings. The first-order valence-corrected chi connectivity index (χ1v) is 8.83. The Morgan fingerprint density at radius 3 is 2.39 bits per heavy atom. The van der Waals surface area contributed by atoms with Gasteiger partial charge in [-0.1, -0.05) is 30.3 Å². The van der Waals surface area contributed by atoms with Crippen LogP contribution >= 0.6 is 0 Å². The minimum absolute atomic E-state index is 0.337. The van der Waals surface area contributed by atoms with Crippen LogP contribution in [0.2, 0.25) is 0 Å². The van der Waals surface area contributed by atoms with Gasteiger partial charge in [-0.2, -0.15) is 0 Å². The van der Waals surface area contributed by atoms with Crippen molar-refractivity contribution in [3.05, 3.63) is 60.2 Å². The molecule has 0 saturated carbocycles. The van der Waals surface area contributed by atoms with E-state index in [9.17, 15) is 14.1 Å². The molecule has 0 saturated heterocycles. The Bertz CT molecular complexity index is 659. The maximum atomic E-state index is 11.8. The van der Waals surface area contributed by atoms with E-state index in [0.717, 1.165) is 5.56 Å². The van der Waals surface area contributed by atoms with E-state index in [0.29, 0.717) is 23.5 Å². The van der Waals surface area contributed by atoms with Crippen LogP contribution in [0, 0.1) is 0 Å². The smallest absolute Gasteiger partial charge is 0.319 e. The molecule has 122 valence electrons. The predicted octanol–water partition coefficient (Wildman–Crippen LogP) is 2.67. The van der Waals surface area contributed by atoms with Crippen LogP contribution in [0.25, 0.3) is 0 Å². The lowest BCUT2D eigenvalue weighted by atomic mass is 10.1. The molecule has 0 bridgehead atoms. The number of hydrogen-bond acceptors (Lipinski definition) is 3. The van der Waals surface area contributed by atoms with Crippen molar-refractivity contribution in [2.75, 3.05) is 18.1 Å². The van der Waals surface area contributed by atoms with E-state index in [1.54, 1.807) is 30.5 Å². The number of nitrogens with one attached hydrogen (secondary N) is 2. The zero-order valence-electron chi connectivity index (χ0n) is 12.9. The molecule has 0 aliphatic carbocycles. The third kappa shape index (κ3) is 5.50. The van der Waals surface area contributed by atoms with Gasteiger partial charge >= 0.3 is 6.03 Å². The summed E-state index contributed by atoms with van der Waals surface area (Å²) in [7, 11) is -1.03. The molecule has 0 spiro atoms. The molecule has 23 heavy (non-hydrogen) atoms. The van der Waals surface area contributed by atoms with E-state index in [4.69, 9.17) is 0 Å². The van der Waals surface area contributed by atoms with Gasteiger partial charge in [-0.25, -0.2) is 4.79 Å². The van der Waals surface area contributed by atoms with Gasteiger partial charge in [-0.15, -0.1) is 0 Å². The molecule has 0 radical (unpaired) electrons. The van der Waals surface area contributed by atoms with E-state index >= 15 is 0 Å². The summed E-state index contributed by atoms with van der Waals surface area (Å²) in [6.45, 7) is 0.360. The number of hydrogen-bond donors (Lipinski definition) is 3. The Morgan fingerprint density at radius 1 is 1.13 bits per heavy atom. The van der Waals surface area contributed by atoms with E-state index < -0.39 is 16.9 Å². The highest BCUT2D eigenvalue weighted by Gasteiger charge is 2.08. The quantitative estimate of drug-likeness (QED) is 0.761. The van der Waals surface area contributed by atoms with E-state index in [1.807, 2.05) is 30.3 Å². The highest BCUT2D eigenvalue weighted by molar-refractivity contribution is 7.84. The topological polar surface area (TPSA) is 78.4 Å². The van der Waals surface area contributed by atoms with Crippen molar-refractivity contribution < 1.29 is 14.1 Å². The first-order valence-electron chi connectivity index (χ1n) is 7.27. The lowest BCUT2D eigenvalue weighted by molar-refractivity contribution is 0.167.